The molecule has 0 radical (unpaired) electrons. The molecule has 0 unspecified atom stereocenters. The summed E-state index contributed by atoms with van der Waals surface area (Å²) in [7, 11) is 0. The lowest BCUT2D eigenvalue weighted by atomic mass is 10.0. The third-order valence-electron chi connectivity index (χ3n) is 3.96. The number of hydrogen-bond acceptors (Lipinski definition) is 3. The number of nitrogens with one attached hydrogen (secondary N) is 1. The van der Waals surface area contributed by atoms with E-state index in [0.29, 0.717) is 16.9 Å². The molecule has 26 heavy (non-hydrogen) atoms. The average molecular weight is 361 g/mol. The molecule has 0 bridgehead atoms. The van der Waals surface area contributed by atoms with Crippen LogP contribution in [-0.4, -0.2) is 12.1 Å². The number of hydrogen-bond donors (Lipinski definition) is 1. The van der Waals surface area contributed by atoms with Gasteiger partial charge in [0, 0.05) is 23.2 Å². The van der Waals surface area contributed by atoms with Crippen molar-refractivity contribution >= 4 is 16.9 Å². The van der Waals surface area contributed by atoms with Gasteiger partial charge < -0.3 is 9.73 Å². The molecule has 4 nitrogen and oxygen atoms in total. The first-order valence-electron chi connectivity index (χ1n) is 7.75. The highest BCUT2D eigenvalue weighted by Crippen LogP contribution is 2.27. The molecule has 134 valence electrons. The van der Waals surface area contributed by atoms with Gasteiger partial charge in [-0.25, -0.2) is 0 Å². The van der Waals surface area contributed by atoms with Crippen molar-refractivity contribution in [2.24, 2.45) is 0 Å². The Morgan fingerprint density at radius 2 is 1.77 bits per heavy atom. The summed E-state index contributed by atoms with van der Waals surface area (Å²) < 4.78 is 43.0. The number of amides is 1. The van der Waals surface area contributed by atoms with E-state index in [1.165, 1.54) is 18.2 Å². The molecule has 3 rings (SSSR count). The molecule has 3 aromatic rings. The van der Waals surface area contributed by atoms with Crippen LogP contribution in [0.3, 0.4) is 0 Å². The predicted molar refractivity (Wildman–Crippen MR) is 90.6 cm³/mol. The van der Waals surface area contributed by atoms with Crippen LogP contribution in [0.15, 0.2) is 57.7 Å². The molecule has 2 aromatic carbocycles. The van der Waals surface area contributed by atoms with Crippen molar-refractivity contribution in [2.45, 2.75) is 19.6 Å². The van der Waals surface area contributed by atoms with Gasteiger partial charge in [-0.15, -0.1) is 0 Å². The third-order valence-corrected chi connectivity index (χ3v) is 3.96. The van der Waals surface area contributed by atoms with E-state index in [-0.39, 0.29) is 22.0 Å². The molecule has 0 spiro atoms. The molecule has 1 aromatic heterocycles. The van der Waals surface area contributed by atoms with Crippen molar-refractivity contribution in [1.29, 1.82) is 0 Å². The Hall–Kier alpha value is -3.09. The van der Waals surface area contributed by atoms with E-state index in [4.69, 9.17) is 4.42 Å². The summed E-state index contributed by atoms with van der Waals surface area (Å²) in [5.41, 5.74) is 1.26. The number of para-hydroxylation sites is 1. The van der Waals surface area contributed by atoms with Crippen LogP contribution >= 0.6 is 0 Å². The highest BCUT2D eigenvalue weighted by molar-refractivity contribution is 5.85. The van der Waals surface area contributed by atoms with Crippen LogP contribution in [0.4, 0.5) is 13.2 Å². The van der Waals surface area contributed by atoms with E-state index in [9.17, 15) is 22.8 Å². The lowest BCUT2D eigenvalue weighted by Gasteiger charge is -2.12. The van der Waals surface area contributed by atoms with Gasteiger partial charge in [-0.1, -0.05) is 42.5 Å². The second kappa shape index (κ2) is 6.67. The van der Waals surface area contributed by atoms with Crippen molar-refractivity contribution in [1.82, 2.24) is 5.32 Å². The Balaban J connectivity index is 2.10. The standard InChI is InChI=1S/C19H14F3NO3/c1-11-15(24)14-9-5-8-13(10-23-18(25)19(20,21)22)17(14)26-16(11)12-6-3-2-4-7-12/h2-9H,10H2,1H3,(H,23,25). The molecule has 0 saturated carbocycles. The van der Waals surface area contributed by atoms with Gasteiger partial charge in [-0.2, -0.15) is 13.2 Å². The maximum absolute atomic E-state index is 12.6. The van der Waals surface area contributed by atoms with Crippen molar-refractivity contribution in [3.05, 3.63) is 69.9 Å². The molecule has 0 saturated heterocycles. The molecule has 0 aliphatic carbocycles. The zero-order chi connectivity index (χ0) is 18.9. The number of alkyl halides is 3. The van der Waals surface area contributed by atoms with E-state index in [2.05, 4.69) is 0 Å². The highest BCUT2D eigenvalue weighted by atomic mass is 19.4. The monoisotopic (exact) mass is 361 g/mol. The SMILES string of the molecule is Cc1c(-c2ccccc2)oc2c(CNC(=O)C(F)(F)F)cccc2c1=O. The van der Waals surface area contributed by atoms with Crippen molar-refractivity contribution in [3.8, 4) is 11.3 Å². The minimum absolute atomic E-state index is 0.157. The Kier molecular flexibility index (Phi) is 4.54. The van der Waals surface area contributed by atoms with Gasteiger partial charge in [0.1, 0.15) is 11.3 Å². The molecule has 1 amide bonds. The van der Waals surface area contributed by atoms with E-state index in [1.807, 2.05) is 6.07 Å². The quantitative estimate of drug-likeness (QED) is 0.769. The van der Waals surface area contributed by atoms with Gasteiger partial charge in [0.05, 0.1) is 5.39 Å². The summed E-state index contributed by atoms with van der Waals surface area (Å²) in [6.07, 6.45) is -4.97. The molecule has 1 N–H and O–H groups in total. The maximum atomic E-state index is 12.6. The number of halogens is 3. The van der Waals surface area contributed by atoms with Crippen molar-refractivity contribution < 1.29 is 22.4 Å². The van der Waals surface area contributed by atoms with Crippen LogP contribution in [0.25, 0.3) is 22.3 Å². The summed E-state index contributed by atoms with van der Waals surface area (Å²) in [5, 5.41) is 2.05. The fourth-order valence-corrected chi connectivity index (χ4v) is 2.65. The smallest absolute Gasteiger partial charge is 0.455 e. The Morgan fingerprint density at radius 3 is 2.42 bits per heavy atom. The van der Waals surface area contributed by atoms with E-state index < -0.39 is 18.6 Å². The van der Waals surface area contributed by atoms with E-state index in [1.54, 1.807) is 36.5 Å². The number of rotatable bonds is 3. The van der Waals surface area contributed by atoms with Gasteiger partial charge in [0.2, 0.25) is 0 Å². The van der Waals surface area contributed by atoms with Crippen LogP contribution in [0.1, 0.15) is 11.1 Å². The molecule has 1 heterocycles. The molecule has 0 aliphatic heterocycles. The second-order valence-electron chi connectivity index (χ2n) is 5.73. The predicted octanol–water partition coefficient (Wildman–Crippen LogP) is 3.95. The van der Waals surface area contributed by atoms with Crippen LogP contribution in [-0.2, 0) is 11.3 Å². The molecule has 0 aliphatic rings. The normalized spacial score (nSPS) is 11.5. The van der Waals surface area contributed by atoms with Crippen LogP contribution in [0.5, 0.6) is 0 Å². The summed E-state index contributed by atoms with van der Waals surface area (Å²) >= 11 is 0. The first kappa shape index (κ1) is 17.7. The lowest BCUT2D eigenvalue weighted by molar-refractivity contribution is -0.173. The molecule has 7 heteroatoms. The maximum Gasteiger partial charge on any atom is 0.471 e. The van der Waals surface area contributed by atoms with Crippen molar-refractivity contribution in [2.75, 3.05) is 0 Å². The summed E-state index contributed by atoms with van der Waals surface area (Å²) in [4.78, 5) is 23.7. The van der Waals surface area contributed by atoms with E-state index in [0.717, 1.165) is 0 Å². The number of carbonyl (C=O) groups is 1. The largest absolute Gasteiger partial charge is 0.471 e. The minimum atomic E-state index is -4.97. The lowest BCUT2D eigenvalue weighted by Crippen LogP contribution is -2.36. The topological polar surface area (TPSA) is 59.3 Å². The van der Waals surface area contributed by atoms with Gasteiger partial charge in [0.25, 0.3) is 0 Å². The zero-order valence-corrected chi connectivity index (χ0v) is 13.7. The third kappa shape index (κ3) is 3.33. The highest BCUT2D eigenvalue weighted by Gasteiger charge is 2.38. The van der Waals surface area contributed by atoms with Crippen LogP contribution in [0, 0.1) is 6.92 Å². The van der Waals surface area contributed by atoms with Crippen molar-refractivity contribution in [3.63, 3.8) is 0 Å². The Bertz CT molecular complexity index is 1020. The summed E-state index contributed by atoms with van der Waals surface area (Å²) in [6, 6.07) is 13.5. The zero-order valence-electron chi connectivity index (χ0n) is 13.7. The fourth-order valence-electron chi connectivity index (χ4n) is 2.65. The molecule has 0 fully saturated rings. The Morgan fingerprint density at radius 1 is 1.08 bits per heavy atom. The van der Waals surface area contributed by atoms with Gasteiger partial charge >= 0.3 is 12.1 Å². The van der Waals surface area contributed by atoms with Crippen LogP contribution in [0.2, 0.25) is 0 Å². The first-order chi connectivity index (χ1) is 12.3. The molecular formula is C19H14F3NO3. The molecule has 0 atom stereocenters. The minimum Gasteiger partial charge on any atom is -0.455 e. The first-order valence-corrected chi connectivity index (χ1v) is 7.75. The van der Waals surface area contributed by atoms with E-state index >= 15 is 0 Å². The summed E-state index contributed by atoms with van der Waals surface area (Å²) in [5.74, 6) is -1.70. The Labute approximate surface area is 146 Å². The average Bonchev–Trinajstić information content (AvgIpc) is 2.62. The molecular weight excluding hydrogens is 347 g/mol. The second-order valence-corrected chi connectivity index (χ2v) is 5.73. The number of benzene rings is 2. The number of carbonyl (C=O) groups excluding carboxylic acids is 1. The van der Waals surface area contributed by atoms with Crippen LogP contribution < -0.4 is 10.7 Å². The van der Waals surface area contributed by atoms with Gasteiger partial charge in [-0.3, -0.25) is 9.59 Å². The summed E-state index contributed by atoms with van der Waals surface area (Å²) in [6.45, 7) is 1.22. The van der Waals surface area contributed by atoms with Gasteiger partial charge in [-0.05, 0) is 13.0 Å². The van der Waals surface area contributed by atoms with Gasteiger partial charge in [0.15, 0.2) is 5.43 Å². The fraction of sp³-hybridized carbons (Fsp3) is 0.158. The number of fused-ring (bicyclic) bond motifs is 1.